The fraction of sp³-hybridized carbons (Fsp3) is 0.500. The highest BCUT2D eigenvalue weighted by Crippen LogP contribution is 2.31. The molecule has 1 aliphatic carbocycles. The first kappa shape index (κ1) is 11.5. The number of anilines is 2. The number of benzene rings is 1. The van der Waals surface area contributed by atoms with Crippen molar-refractivity contribution in [2.24, 2.45) is 5.92 Å². The molecule has 2 atom stereocenters. The van der Waals surface area contributed by atoms with E-state index in [0.717, 1.165) is 24.4 Å². The van der Waals surface area contributed by atoms with Gasteiger partial charge in [0.15, 0.2) is 0 Å². The standard InChI is InChI=1S/C12H16ClFN2/c1-7-2-3-8(4-7)16-12-5-9(13)10(14)6-11(12)15/h5-8,16H,2-4,15H2,1H3. The van der Waals surface area contributed by atoms with Crippen LogP contribution in [0.2, 0.25) is 5.02 Å². The Balaban J connectivity index is 2.12. The van der Waals surface area contributed by atoms with Crippen LogP contribution in [0.3, 0.4) is 0 Å². The largest absolute Gasteiger partial charge is 0.397 e. The van der Waals surface area contributed by atoms with E-state index >= 15 is 0 Å². The first-order valence-electron chi connectivity index (χ1n) is 5.57. The predicted octanol–water partition coefficient (Wildman–Crippen LogP) is 3.66. The summed E-state index contributed by atoms with van der Waals surface area (Å²) in [5.74, 6) is 0.277. The highest BCUT2D eigenvalue weighted by molar-refractivity contribution is 6.31. The third kappa shape index (κ3) is 2.40. The molecule has 4 heteroatoms. The highest BCUT2D eigenvalue weighted by atomic mass is 35.5. The van der Waals surface area contributed by atoms with Crippen LogP contribution in [-0.2, 0) is 0 Å². The highest BCUT2D eigenvalue weighted by Gasteiger charge is 2.21. The van der Waals surface area contributed by atoms with Gasteiger partial charge in [-0.05, 0) is 31.2 Å². The normalized spacial score (nSPS) is 24.7. The summed E-state index contributed by atoms with van der Waals surface area (Å²) in [4.78, 5) is 0. The van der Waals surface area contributed by atoms with Gasteiger partial charge in [-0.3, -0.25) is 0 Å². The van der Waals surface area contributed by atoms with E-state index in [1.807, 2.05) is 0 Å². The third-order valence-corrected chi connectivity index (χ3v) is 3.44. The molecule has 0 amide bonds. The van der Waals surface area contributed by atoms with Crippen LogP contribution in [0.25, 0.3) is 0 Å². The fourth-order valence-corrected chi connectivity index (χ4v) is 2.41. The zero-order valence-corrected chi connectivity index (χ0v) is 10.0. The molecule has 1 aliphatic rings. The van der Waals surface area contributed by atoms with Gasteiger partial charge in [-0.25, -0.2) is 4.39 Å². The lowest BCUT2D eigenvalue weighted by molar-refractivity contribution is 0.602. The lowest BCUT2D eigenvalue weighted by atomic mass is 10.1. The second kappa shape index (κ2) is 4.50. The van der Waals surface area contributed by atoms with Gasteiger partial charge >= 0.3 is 0 Å². The van der Waals surface area contributed by atoms with Gasteiger partial charge in [0.2, 0.25) is 0 Å². The van der Waals surface area contributed by atoms with Crippen LogP contribution in [0.15, 0.2) is 12.1 Å². The minimum atomic E-state index is -0.468. The van der Waals surface area contributed by atoms with Crippen molar-refractivity contribution >= 4 is 23.0 Å². The van der Waals surface area contributed by atoms with E-state index in [2.05, 4.69) is 12.2 Å². The van der Waals surface area contributed by atoms with E-state index in [-0.39, 0.29) is 5.02 Å². The summed E-state index contributed by atoms with van der Waals surface area (Å²) in [6.07, 6.45) is 3.50. The SMILES string of the molecule is CC1CCC(Nc2cc(Cl)c(F)cc2N)C1. The van der Waals surface area contributed by atoms with Gasteiger partial charge in [-0.2, -0.15) is 0 Å². The molecule has 1 fully saturated rings. The quantitative estimate of drug-likeness (QED) is 0.777. The number of hydrogen-bond donors (Lipinski definition) is 2. The Bertz CT molecular complexity index is 395. The molecule has 3 N–H and O–H groups in total. The van der Waals surface area contributed by atoms with Gasteiger partial charge in [0.05, 0.1) is 16.4 Å². The Kier molecular flexibility index (Phi) is 3.24. The van der Waals surface area contributed by atoms with Crippen molar-refractivity contribution < 1.29 is 4.39 Å². The molecule has 0 radical (unpaired) electrons. The second-order valence-electron chi connectivity index (χ2n) is 4.61. The van der Waals surface area contributed by atoms with E-state index < -0.39 is 5.82 Å². The summed E-state index contributed by atoms with van der Waals surface area (Å²) in [6, 6.07) is 3.26. The minimum Gasteiger partial charge on any atom is -0.397 e. The monoisotopic (exact) mass is 242 g/mol. The van der Waals surface area contributed by atoms with Crippen LogP contribution in [0.4, 0.5) is 15.8 Å². The number of rotatable bonds is 2. The average Bonchev–Trinajstić information content (AvgIpc) is 2.60. The van der Waals surface area contributed by atoms with Gasteiger partial charge in [-0.15, -0.1) is 0 Å². The van der Waals surface area contributed by atoms with Crippen molar-refractivity contribution in [3.63, 3.8) is 0 Å². The van der Waals surface area contributed by atoms with E-state index in [1.165, 1.54) is 12.5 Å². The van der Waals surface area contributed by atoms with Crippen molar-refractivity contribution in [3.8, 4) is 0 Å². The van der Waals surface area contributed by atoms with Crippen LogP contribution in [0.1, 0.15) is 26.2 Å². The Labute approximate surface area is 100.0 Å². The van der Waals surface area contributed by atoms with Crippen molar-refractivity contribution in [3.05, 3.63) is 23.0 Å². The van der Waals surface area contributed by atoms with Gasteiger partial charge < -0.3 is 11.1 Å². The van der Waals surface area contributed by atoms with Gasteiger partial charge in [0, 0.05) is 12.1 Å². The molecular weight excluding hydrogens is 227 g/mol. The van der Waals surface area contributed by atoms with E-state index in [0.29, 0.717) is 11.7 Å². The molecule has 88 valence electrons. The maximum atomic E-state index is 13.1. The van der Waals surface area contributed by atoms with Gasteiger partial charge in [-0.1, -0.05) is 18.5 Å². The van der Waals surface area contributed by atoms with Crippen molar-refractivity contribution in [1.29, 1.82) is 0 Å². The first-order valence-corrected chi connectivity index (χ1v) is 5.95. The summed E-state index contributed by atoms with van der Waals surface area (Å²) >= 11 is 5.73. The summed E-state index contributed by atoms with van der Waals surface area (Å²) in [5, 5.41) is 3.45. The van der Waals surface area contributed by atoms with Crippen molar-refractivity contribution in [2.75, 3.05) is 11.1 Å². The predicted molar refractivity (Wildman–Crippen MR) is 66.2 cm³/mol. The molecule has 1 saturated carbocycles. The van der Waals surface area contributed by atoms with Crippen molar-refractivity contribution in [2.45, 2.75) is 32.2 Å². The van der Waals surface area contributed by atoms with Gasteiger partial charge in [0.25, 0.3) is 0 Å². The van der Waals surface area contributed by atoms with Crippen LogP contribution < -0.4 is 11.1 Å². The molecule has 2 rings (SSSR count). The zero-order valence-electron chi connectivity index (χ0n) is 9.26. The molecule has 2 nitrogen and oxygen atoms in total. The molecule has 2 unspecified atom stereocenters. The second-order valence-corrected chi connectivity index (χ2v) is 5.02. The molecular formula is C12H16ClFN2. The summed E-state index contributed by atoms with van der Waals surface area (Å²) in [6.45, 7) is 2.24. The summed E-state index contributed by atoms with van der Waals surface area (Å²) < 4.78 is 13.1. The molecule has 1 aromatic rings. The Morgan fingerprint density at radius 1 is 1.44 bits per heavy atom. The van der Waals surface area contributed by atoms with Crippen LogP contribution in [-0.4, -0.2) is 6.04 Å². The first-order chi connectivity index (χ1) is 7.56. The van der Waals surface area contributed by atoms with E-state index in [4.69, 9.17) is 17.3 Å². The average molecular weight is 243 g/mol. The molecule has 0 aliphatic heterocycles. The molecule has 1 aromatic carbocycles. The minimum absolute atomic E-state index is 0.114. The van der Waals surface area contributed by atoms with Crippen molar-refractivity contribution in [1.82, 2.24) is 0 Å². The number of nitrogens with two attached hydrogens (primary N) is 1. The molecule has 0 heterocycles. The number of nitrogens with one attached hydrogen (secondary N) is 1. The number of hydrogen-bond acceptors (Lipinski definition) is 2. The Morgan fingerprint density at radius 2 is 2.19 bits per heavy atom. The molecule has 0 saturated heterocycles. The molecule has 16 heavy (non-hydrogen) atoms. The van der Waals surface area contributed by atoms with E-state index in [1.54, 1.807) is 6.07 Å². The van der Waals surface area contributed by atoms with Crippen LogP contribution >= 0.6 is 11.6 Å². The Morgan fingerprint density at radius 3 is 2.81 bits per heavy atom. The molecule has 0 spiro atoms. The number of halogens is 2. The third-order valence-electron chi connectivity index (χ3n) is 3.15. The summed E-state index contributed by atoms with van der Waals surface area (Å²) in [5.41, 5.74) is 6.90. The number of nitrogen functional groups attached to an aromatic ring is 1. The fourth-order valence-electron chi connectivity index (χ4n) is 2.25. The lowest BCUT2D eigenvalue weighted by Crippen LogP contribution is -2.16. The topological polar surface area (TPSA) is 38.0 Å². The lowest BCUT2D eigenvalue weighted by Gasteiger charge is -2.16. The molecule has 0 bridgehead atoms. The van der Waals surface area contributed by atoms with Gasteiger partial charge in [0.1, 0.15) is 5.82 Å². The summed E-state index contributed by atoms with van der Waals surface area (Å²) in [7, 11) is 0. The Hall–Kier alpha value is -0.960. The molecule has 0 aromatic heterocycles. The maximum Gasteiger partial charge on any atom is 0.143 e. The van der Waals surface area contributed by atoms with E-state index in [9.17, 15) is 4.39 Å². The smallest absolute Gasteiger partial charge is 0.143 e. The van der Waals surface area contributed by atoms with Crippen LogP contribution in [0, 0.1) is 11.7 Å². The maximum absolute atomic E-state index is 13.1. The van der Waals surface area contributed by atoms with Crippen LogP contribution in [0.5, 0.6) is 0 Å². The zero-order chi connectivity index (χ0) is 11.7.